The lowest BCUT2D eigenvalue weighted by Gasteiger charge is -2.41. The third-order valence-corrected chi connectivity index (χ3v) is 7.01. The summed E-state index contributed by atoms with van der Waals surface area (Å²) < 4.78 is 34.6. The molecule has 0 saturated carbocycles. The Hall–Kier alpha value is -1.66. The molecule has 3 unspecified atom stereocenters. The Morgan fingerprint density at radius 3 is 2.25 bits per heavy atom. The topological polar surface area (TPSA) is 108 Å². The quantitative estimate of drug-likeness (QED) is 0.712. The van der Waals surface area contributed by atoms with E-state index in [0.717, 1.165) is 0 Å². The maximum atomic E-state index is 13.0. The molecule has 1 aromatic heterocycles. The third kappa shape index (κ3) is 4.84. The number of nitrogens with one attached hydrogen (secondary N) is 1. The molecule has 0 spiro atoms. The van der Waals surface area contributed by atoms with Crippen LogP contribution in [0.25, 0.3) is 0 Å². The van der Waals surface area contributed by atoms with Crippen LogP contribution in [0.5, 0.6) is 0 Å². The Balaban J connectivity index is 1.55. The molecule has 1 aromatic rings. The molecule has 0 aliphatic carbocycles. The maximum Gasteiger partial charge on any atom is 0.282 e. The highest BCUT2D eigenvalue weighted by Crippen LogP contribution is 2.19. The van der Waals surface area contributed by atoms with Crippen molar-refractivity contribution in [1.82, 2.24) is 23.5 Å². The fourth-order valence-electron chi connectivity index (χ4n) is 3.55. The van der Waals surface area contributed by atoms with Crippen LogP contribution in [0.15, 0.2) is 18.5 Å². The number of amides is 1. The van der Waals surface area contributed by atoms with Gasteiger partial charge in [0.1, 0.15) is 0 Å². The van der Waals surface area contributed by atoms with Crippen molar-refractivity contribution in [1.29, 1.82) is 0 Å². The van der Waals surface area contributed by atoms with Crippen molar-refractivity contribution >= 4 is 22.1 Å². The van der Waals surface area contributed by atoms with Gasteiger partial charge in [0.05, 0.1) is 18.2 Å². The van der Waals surface area contributed by atoms with E-state index in [-0.39, 0.29) is 24.1 Å². The summed E-state index contributed by atoms with van der Waals surface area (Å²) >= 11 is 0. The first-order valence-electron chi connectivity index (χ1n) is 9.50. The van der Waals surface area contributed by atoms with E-state index in [2.05, 4.69) is 15.3 Å². The zero-order chi connectivity index (χ0) is 20.3. The lowest BCUT2D eigenvalue weighted by Crippen LogP contribution is -2.58. The third-order valence-electron chi connectivity index (χ3n) is 5.04. The number of piperazine rings is 1. The van der Waals surface area contributed by atoms with E-state index >= 15 is 0 Å². The average Bonchev–Trinajstić information content (AvgIpc) is 2.67. The standard InChI is InChI=1S/C17H28N6O4S/c1-13-11-23(12-14(2)27-13)28(25,26)22-9-7-21(8-10-22)15(3)16(24)20-17-18-5-4-6-19-17/h4-6,13-15H,7-12H2,1-3H3,(H,18,19,20,24). The summed E-state index contributed by atoms with van der Waals surface area (Å²) in [6, 6.07) is 1.27. The smallest absolute Gasteiger partial charge is 0.282 e. The van der Waals surface area contributed by atoms with Crippen LogP contribution in [-0.2, 0) is 19.7 Å². The van der Waals surface area contributed by atoms with Crippen LogP contribution in [0, 0.1) is 0 Å². The predicted octanol–water partition coefficient (Wildman–Crippen LogP) is -0.225. The van der Waals surface area contributed by atoms with Crippen molar-refractivity contribution in [2.45, 2.75) is 39.0 Å². The summed E-state index contributed by atoms with van der Waals surface area (Å²) in [6.45, 7) is 7.96. The van der Waals surface area contributed by atoms with Gasteiger partial charge in [-0.05, 0) is 26.8 Å². The van der Waals surface area contributed by atoms with Crippen molar-refractivity contribution < 1.29 is 17.9 Å². The van der Waals surface area contributed by atoms with Gasteiger partial charge in [0.15, 0.2) is 0 Å². The monoisotopic (exact) mass is 412 g/mol. The Kier molecular flexibility index (Phi) is 6.61. The zero-order valence-corrected chi connectivity index (χ0v) is 17.3. The molecule has 28 heavy (non-hydrogen) atoms. The van der Waals surface area contributed by atoms with Crippen LogP contribution in [0.3, 0.4) is 0 Å². The molecule has 0 aromatic carbocycles. The number of hydrogen-bond acceptors (Lipinski definition) is 7. The van der Waals surface area contributed by atoms with E-state index in [0.29, 0.717) is 39.3 Å². The second-order valence-electron chi connectivity index (χ2n) is 7.25. The predicted molar refractivity (Wildman–Crippen MR) is 104 cm³/mol. The molecule has 11 heteroatoms. The van der Waals surface area contributed by atoms with E-state index in [4.69, 9.17) is 4.74 Å². The van der Waals surface area contributed by atoms with Gasteiger partial charge in [-0.15, -0.1) is 0 Å². The number of carbonyl (C=O) groups is 1. The number of hydrogen-bond donors (Lipinski definition) is 1. The van der Waals surface area contributed by atoms with Crippen molar-refractivity contribution in [3.8, 4) is 0 Å². The van der Waals surface area contributed by atoms with Gasteiger partial charge < -0.3 is 4.74 Å². The van der Waals surface area contributed by atoms with Crippen molar-refractivity contribution in [2.75, 3.05) is 44.6 Å². The van der Waals surface area contributed by atoms with Gasteiger partial charge in [-0.1, -0.05) is 0 Å². The largest absolute Gasteiger partial charge is 0.373 e. The first kappa shape index (κ1) is 21.1. The van der Waals surface area contributed by atoms with Crippen molar-refractivity contribution in [2.24, 2.45) is 0 Å². The van der Waals surface area contributed by atoms with Crippen LogP contribution < -0.4 is 5.32 Å². The van der Waals surface area contributed by atoms with Gasteiger partial charge in [0, 0.05) is 51.7 Å². The Morgan fingerprint density at radius 1 is 1.11 bits per heavy atom. The number of anilines is 1. The van der Waals surface area contributed by atoms with Crippen LogP contribution in [0.1, 0.15) is 20.8 Å². The molecule has 0 bridgehead atoms. The number of aromatic nitrogens is 2. The minimum absolute atomic E-state index is 0.122. The molecule has 2 aliphatic heterocycles. The van der Waals surface area contributed by atoms with Crippen LogP contribution in [0.4, 0.5) is 5.95 Å². The Bertz CT molecular complexity index is 759. The second kappa shape index (κ2) is 8.78. The van der Waals surface area contributed by atoms with Gasteiger partial charge in [0.2, 0.25) is 11.9 Å². The van der Waals surface area contributed by atoms with Crippen LogP contribution >= 0.6 is 0 Å². The van der Waals surface area contributed by atoms with Crippen LogP contribution in [0.2, 0.25) is 0 Å². The highest BCUT2D eigenvalue weighted by Gasteiger charge is 2.37. The maximum absolute atomic E-state index is 13.0. The van der Waals surface area contributed by atoms with Gasteiger partial charge in [-0.2, -0.15) is 17.0 Å². The lowest BCUT2D eigenvalue weighted by atomic mass is 10.2. The lowest BCUT2D eigenvalue weighted by molar-refractivity contribution is -0.121. The van der Waals surface area contributed by atoms with E-state index < -0.39 is 16.3 Å². The highest BCUT2D eigenvalue weighted by molar-refractivity contribution is 7.86. The van der Waals surface area contributed by atoms with Gasteiger partial charge in [-0.25, -0.2) is 9.97 Å². The van der Waals surface area contributed by atoms with Crippen molar-refractivity contribution in [3.05, 3.63) is 18.5 Å². The van der Waals surface area contributed by atoms with Crippen LogP contribution in [-0.4, -0.2) is 95.3 Å². The van der Waals surface area contributed by atoms with E-state index in [9.17, 15) is 13.2 Å². The molecule has 10 nitrogen and oxygen atoms in total. The number of morpholine rings is 1. The summed E-state index contributed by atoms with van der Waals surface area (Å²) in [6.07, 6.45) is 2.88. The normalized spacial score (nSPS) is 26.7. The fraction of sp³-hybridized carbons (Fsp3) is 0.706. The summed E-state index contributed by atoms with van der Waals surface area (Å²) in [5, 5.41) is 2.69. The fourth-order valence-corrected chi connectivity index (χ4v) is 5.30. The molecule has 156 valence electrons. The molecule has 2 saturated heterocycles. The molecule has 3 rings (SSSR count). The van der Waals surface area contributed by atoms with E-state index in [1.165, 1.54) is 8.61 Å². The summed E-state index contributed by atoms with van der Waals surface area (Å²) in [7, 11) is -3.53. The molecule has 3 atom stereocenters. The van der Waals surface area contributed by atoms with E-state index in [1.54, 1.807) is 25.4 Å². The Morgan fingerprint density at radius 2 is 1.68 bits per heavy atom. The average molecular weight is 413 g/mol. The molecule has 2 aliphatic rings. The minimum Gasteiger partial charge on any atom is -0.373 e. The first-order valence-corrected chi connectivity index (χ1v) is 10.9. The Labute approximate surface area is 166 Å². The highest BCUT2D eigenvalue weighted by atomic mass is 32.2. The second-order valence-corrected chi connectivity index (χ2v) is 9.18. The molecule has 1 N–H and O–H groups in total. The molecule has 0 radical (unpaired) electrons. The number of ether oxygens (including phenoxy) is 1. The summed E-state index contributed by atoms with van der Waals surface area (Å²) in [5.74, 6) is 0.0504. The molecule has 2 fully saturated rings. The van der Waals surface area contributed by atoms with Gasteiger partial charge >= 0.3 is 0 Å². The SMILES string of the molecule is CC1CN(S(=O)(=O)N2CCN(C(C)C(=O)Nc3ncccn3)CC2)CC(C)O1. The molecular formula is C17H28N6O4S. The molecular weight excluding hydrogens is 384 g/mol. The molecule has 1 amide bonds. The van der Waals surface area contributed by atoms with Gasteiger partial charge in [-0.3, -0.25) is 15.0 Å². The van der Waals surface area contributed by atoms with E-state index in [1.807, 2.05) is 18.7 Å². The number of nitrogens with zero attached hydrogens (tertiary/aromatic N) is 5. The number of rotatable bonds is 5. The number of carbonyl (C=O) groups excluding carboxylic acids is 1. The summed E-state index contributed by atoms with van der Waals surface area (Å²) in [4.78, 5) is 22.4. The van der Waals surface area contributed by atoms with Crippen molar-refractivity contribution in [3.63, 3.8) is 0 Å². The summed E-state index contributed by atoms with van der Waals surface area (Å²) in [5.41, 5.74) is 0. The zero-order valence-electron chi connectivity index (χ0n) is 16.5. The minimum atomic E-state index is -3.53. The van der Waals surface area contributed by atoms with Gasteiger partial charge in [0.25, 0.3) is 10.2 Å². The molecule has 3 heterocycles. The first-order chi connectivity index (χ1) is 13.3.